The van der Waals surface area contributed by atoms with E-state index in [9.17, 15) is 0 Å². The molecule has 0 saturated heterocycles. The van der Waals surface area contributed by atoms with Gasteiger partial charge in [-0.1, -0.05) is 18.2 Å². The highest BCUT2D eigenvalue weighted by atomic mass is 15.5. The average molecular weight is 283 g/mol. The Morgan fingerprint density at radius 1 is 1.19 bits per heavy atom. The van der Waals surface area contributed by atoms with Crippen LogP contribution in [0.2, 0.25) is 0 Å². The first kappa shape index (κ1) is 13.4. The molecule has 108 valence electrons. The Hall–Kier alpha value is -2.54. The van der Waals surface area contributed by atoms with Crippen molar-refractivity contribution in [3.63, 3.8) is 0 Å². The second-order valence-corrected chi connectivity index (χ2v) is 4.85. The van der Waals surface area contributed by atoms with Crippen molar-refractivity contribution in [1.29, 1.82) is 0 Å². The van der Waals surface area contributed by atoms with Crippen molar-refractivity contribution in [1.82, 2.24) is 35.3 Å². The number of rotatable bonds is 6. The molecule has 0 aliphatic heterocycles. The van der Waals surface area contributed by atoms with E-state index in [1.807, 2.05) is 47.3 Å². The minimum Gasteiger partial charge on any atom is -0.305 e. The minimum absolute atomic E-state index is 0.269. The fourth-order valence-corrected chi connectivity index (χ4v) is 2.10. The average Bonchev–Trinajstić information content (AvgIpc) is 3.17. The summed E-state index contributed by atoms with van der Waals surface area (Å²) >= 11 is 0. The molecule has 0 fully saturated rings. The molecular formula is C14H17N7. The van der Waals surface area contributed by atoms with Gasteiger partial charge in [-0.05, 0) is 35.5 Å². The van der Waals surface area contributed by atoms with Gasteiger partial charge in [-0.2, -0.15) is 9.78 Å². The largest absolute Gasteiger partial charge is 0.305 e. The first-order valence-electron chi connectivity index (χ1n) is 6.86. The molecule has 3 rings (SSSR count). The van der Waals surface area contributed by atoms with Gasteiger partial charge < -0.3 is 5.32 Å². The van der Waals surface area contributed by atoms with E-state index in [0.29, 0.717) is 6.54 Å². The summed E-state index contributed by atoms with van der Waals surface area (Å²) in [5.74, 6) is 0.786. The highest BCUT2D eigenvalue weighted by Gasteiger charge is 2.09. The van der Waals surface area contributed by atoms with Gasteiger partial charge in [0.1, 0.15) is 0 Å². The van der Waals surface area contributed by atoms with E-state index in [1.165, 1.54) is 0 Å². The molecule has 0 spiro atoms. The zero-order valence-corrected chi connectivity index (χ0v) is 11.8. The predicted octanol–water partition coefficient (Wildman–Crippen LogP) is 1.04. The molecule has 3 aromatic rings. The van der Waals surface area contributed by atoms with Crippen molar-refractivity contribution < 1.29 is 0 Å². The molecule has 1 atom stereocenters. The van der Waals surface area contributed by atoms with E-state index in [-0.39, 0.29) is 6.04 Å². The monoisotopic (exact) mass is 283 g/mol. The van der Waals surface area contributed by atoms with Crippen LogP contribution in [0.1, 0.15) is 12.7 Å². The van der Waals surface area contributed by atoms with Crippen molar-refractivity contribution in [3.8, 4) is 5.69 Å². The zero-order valence-electron chi connectivity index (χ0n) is 11.8. The number of nitrogens with zero attached hydrogens (tertiary/aromatic N) is 6. The van der Waals surface area contributed by atoms with Gasteiger partial charge in [-0.15, -0.1) is 5.10 Å². The van der Waals surface area contributed by atoms with Gasteiger partial charge >= 0.3 is 0 Å². The summed E-state index contributed by atoms with van der Waals surface area (Å²) in [5.41, 5.74) is 0.957. The highest BCUT2D eigenvalue weighted by molar-refractivity contribution is 5.30. The topological polar surface area (TPSA) is 73.5 Å². The third-order valence-corrected chi connectivity index (χ3v) is 3.16. The molecule has 21 heavy (non-hydrogen) atoms. The lowest BCUT2D eigenvalue weighted by Gasteiger charge is -2.13. The van der Waals surface area contributed by atoms with Gasteiger partial charge in [-0.25, -0.2) is 0 Å². The highest BCUT2D eigenvalue weighted by Crippen LogP contribution is 2.06. The number of hydrogen-bond acceptors (Lipinski definition) is 5. The minimum atomic E-state index is 0.269. The van der Waals surface area contributed by atoms with Crippen LogP contribution in [-0.2, 0) is 13.1 Å². The first-order chi connectivity index (χ1) is 10.3. The Labute approximate surface area is 122 Å². The van der Waals surface area contributed by atoms with Crippen LogP contribution < -0.4 is 5.32 Å². The van der Waals surface area contributed by atoms with Crippen LogP contribution in [0.5, 0.6) is 0 Å². The van der Waals surface area contributed by atoms with Crippen molar-refractivity contribution >= 4 is 0 Å². The SMILES string of the molecule is CC(Cn1cccn1)NCc1nnnn1-c1ccccc1. The van der Waals surface area contributed by atoms with Crippen LogP contribution >= 0.6 is 0 Å². The maximum absolute atomic E-state index is 4.20. The van der Waals surface area contributed by atoms with Crippen LogP contribution in [-0.4, -0.2) is 36.0 Å². The van der Waals surface area contributed by atoms with E-state index in [0.717, 1.165) is 18.1 Å². The van der Waals surface area contributed by atoms with Gasteiger partial charge in [-0.3, -0.25) is 4.68 Å². The van der Waals surface area contributed by atoms with Crippen molar-refractivity contribution in [2.75, 3.05) is 0 Å². The van der Waals surface area contributed by atoms with Crippen LogP contribution in [0.3, 0.4) is 0 Å². The molecule has 7 heteroatoms. The normalized spacial score (nSPS) is 12.4. The predicted molar refractivity (Wildman–Crippen MR) is 77.7 cm³/mol. The molecule has 0 amide bonds. The van der Waals surface area contributed by atoms with Gasteiger partial charge in [0.05, 0.1) is 18.8 Å². The lowest BCUT2D eigenvalue weighted by Crippen LogP contribution is -2.31. The summed E-state index contributed by atoms with van der Waals surface area (Å²) in [4.78, 5) is 0. The Morgan fingerprint density at radius 3 is 2.81 bits per heavy atom. The van der Waals surface area contributed by atoms with Crippen molar-refractivity contribution in [2.24, 2.45) is 0 Å². The summed E-state index contributed by atoms with van der Waals surface area (Å²) < 4.78 is 3.64. The number of para-hydroxylation sites is 1. The lowest BCUT2D eigenvalue weighted by atomic mass is 10.3. The van der Waals surface area contributed by atoms with Gasteiger partial charge in [0.15, 0.2) is 5.82 Å². The van der Waals surface area contributed by atoms with Gasteiger partial charge in [0.2, 0.25) is 0 Å². The van der Waals surface area contributed by atoms with E-state index in [2.05, 4.69) is 32.9 Å². The molecule has 7 nitrogen and oxygen atoms in total. The standard InChI is InChI=1S/C14H17N7/c1-12(11-20-9-5-8-16-20)15-10-14-17-18-19-21(14)13-6-3-2-4-7-13/h2-9,12,15H,10-11H2,1H3. The maximum Gasteiger partial charge on any atom is 0.170 e. The molecule has 0 aliphatic rings. The quantitative estimate of drug-likeness (QED) is 0.731. The molecule has 1 unspecified atom stereocenters. The maximum atomic E-state index is 4.20. The second kappa shape index (κ2) is 6.27. The summed E-state index contributed by atoms with van der Waals surface area (Å²) in [6, 6.07) is 12.1. The molecule has 2 aromatic heterocycles. The van der Waals surface area contributed by atoms with E-state index < -0.39 is 0 Å². The van der Waals surface area contributed by atoms with E-state index in [1.54, 1.807) is 10.9 Å². The van der Waals surface area contributed by atoms with Crippen molar-refractivity contribution in [2.45, 2.75) is 26.1 Å². The summed E-state index contributed by atoms with van der Waals surface area (Å²) in [6.07, 6.45) is 3.73. The molecule has 2 heterocycles. The number of benzene rings is 1. The number of hydrogen-bond donors (Lipinski definition) is 1. The summed E-state index contributed by atoms with van der Waals surface area (Å²) in [6.45, 7) is 3.52. The molecule has 0 saturated carbocycles. The molecular weight excluding hydrogens is 266 g/mol. The van der Waals surface area contributed by atoms with E-state index >= 15 is 0 Å². The van der Waals surface area contributed by atoms with Crippen LogP contribution in [0.4, 0.5) is 0 Å². The van der Waals surface area contributed by atoms with Gasteiger partial charge in [0.25, 0.3) is 0 Å². The zero-order chi connectivity index (χ0) is 14.5. The summed E-state index contributed by atoms with van der Waals surface area (Å²) in [5, 5.41) is 19.5. The fourth-order valence-electron chi connectivity index (χ4n) is 2.10. The number of nitrogens with one attached hydrogen (secondary N) is 1. The molecule has 1 N–H and O–H groups in total. The van der Waals surface area contributed by atoms with Crippen LogP contribution in [0.25, 0.3) is 5.69 Å². The third-order valence-electron chi connectivity index (χ3n) is 3.16. The Morgan fingerprint density at radius 2 is 2.05 bits per heavy atom. The molecule has 0 bridgehead atoms. The number of tetrazole rings is 1. The second-order valence-electron chi connectivity index (χ2n) is 4.85. The van der Waals surface area contributed by atoms with Crippen LogP contribution in [0.15, 0.2) is 48.8 Å². The summed E-state index contributed by atoms with van der Waals surface area (Å²) in [7, 11) is 0. The molecule has 0 radical (unpaired) electrons. The van der Waals surface area contributed by atoms with Gasteiger partial charge in [0, 0.05) is 18.4 Å². The fraction of sp³-hybridized carbons (Fsp3) is 0.286. The molecule has 0 aliphatic carbocycles. The lowest BCUT2D eigenvalue weighted by molar-refractivity contribution is 0.443. The Bertz CT molecular complexity index is 660. The van der Waals surface area contributed by atoms with Crippen LogP contribution in [0, 0.1) is 0 Å². The third kappa shape index (κ3) is 3.32. The first-order valence-corrected chi connectivity index (χ1v) is 6.86. The number of aromatic nitrogens is 6. The van der Waals surface area contributed by atoms with E-state index in [4.69, 9.17) is 0 Å². The van der Waals surface area contributed by atoms with Crippen molar-refractivity contribution in [3.05, 3.63) is 54.6 Å². The molecule has 1 aromatic carbocycles. The smallest absolute Gasteiger partial charge is 0.170 e. The Balaban J connectivity index is 1.62. The Kier molecular flexibility index (Phi) is 4.02.